The average Bonchev–Trinajstić information content (AvgIpc) is 3.35. The van der Waals surface area contributed by atoms with Gasteiger partial charge in [0, 0.05) is 31.5 Å². The molecule has 0 fully saturated rings. The number of ether oxygens (including phenoxy) is 1. The number of methoxy groups -OCH3 is 1. The van der Waals surface area contributed by atoms with Crippen LogP contribution in [0.2, 0.25) is 5.02 Å². The summed E-state index contributed by atoms with van der Waals surface area (Å²) in [5.41, 5.74) is 3.13. The second-order valence-electron chi connectivity index (χ2n) is 7.95. The van der Waals surface area contributed by atoms with Crippen LogP contribution in [0.1, 0.15) is 27.3 Å². The maximum Gasteiger partial charge on any atom is 0.252 e. The summed E-state index contributed by atoms with van der Waals surface area (Å²) in [6, 6.07) is 12.3. The molecule has 4 rings (SSSR count). The number of hydrogen-bond acceptors (Lipinski definition) is 6. The molecule has 35 heavy (non-hydrogen) atoms. The summed E-state index contributed by atoms with van der Waals surface area (Å²) in [5, 5.41) is 13.1. The monoisotopic (exact) mass is 494 g/mol. The lowest BCUT2D eigenvalue weighted by molar-refractivity contribution is 0.0211. The third-order valence-corrected chi connectivity index (χ3v) is 6.04. The van der Waals surface area contributed by atoms with E-state index in [-0.39, 0.29) is 18.8 Å². The number of aliphatic imine (C=N–C) groups is 1. The highest BCUT2D eigenvalue weighted by Gasteiger charge is 2.27. The Labute approximate surface area is 207 Å². The molecule has 2 N–H and O–H groups in total. The molecule has 3 aromatic rings. The largest absolute Gasteiger partial charge is 0.394 e. The summed E-state index contributed by atoms with van der Waals surface area (Å²) >= 11 is 6.53. The van der Waals surface area contributed by atoms with Gasteiger partial charge in [-0.2, -0.15) is 0 Å². The topological polar surface area (TPSA) is 96.7 Å². The second kappa shape index (κ2) is 11.3. The van der Waals surface area contributed by atoms with Crippen LogP contribution >= 0.6 is 11.6 Å². The number of halogens is 2. The van der Waals surface area contributed by atoms with Gasteiger partial charge in [0.2, 0.25) is 0 Å². The van der Waals surface area contributed by atoms with E-state index in [1.54, 1.807) is 48.8 Å². The quantitative estimate of drug-likeness (QED) is 0.474. The van der Waals surface area contributed by atoms with E-state index < -0.39 is 18.1 Å². The van der Waals surface area contributed by atoms with Gasteiger partial charge in [-0.3, -0.25) is 9.79 Å². The summed E-state index contributed by atoms with van der Waals surface area (Å²) in [4.78, 5) is 26.5. The first-order valence-corrected chi connectivity index (χ1v) is 11.4. The number of nitrogens with zero attached hydrogens (tertiary/aromatic N) is 3. The van der Waals surface area contributed by atoms with Crippen LogP contribution in [0.3, 0.4) is 0 Å². The highest BCUT2D eigenvalue weighted by Crippen LogP contribution is 2.28. The molecule has 0 saturated carbocycles. The van der Waals surface area contributed by atoms with Crippen LogP contribution in [-0.4, -0.2) is 59.1 Å². The summed E-state index contributed by atoms with van der Waals surface area (Å²) in [7, 11) is 1.46. The molecule has 0 radical (unpaired) electrons. The lowest BCUT2D eigenvalue weighted by Crippen LogP contribution is -2.47. The first kappa shape index (κ1) is 24.7. The van der Waals surface area contributed by atoms with Crippen molar-refractivity contribution in [3.05, 3.63) is 100 Å². The van der Waals surface area contributed by atoms with Gasteiger partial charge in [-0.1, -0.05) is 29.8 Å². The Bertz CT molecular complexity index is 1250. The average molecular weight is 495 g/mol. The minimum atomic E-state index is -0.667. The Hall–Kier alpha value is -3.46. The van der Waals surface area contributed by atoms with Crippen LogP contribution in [0.4, 0.5) is 4.39 Å². The number of rotatable bonds is 9. The number of aromatic nitrogens is 2. The van der Waals surface area contributed by atoms with Gasteiger partial charge in [-0.05, 0) is 47.5 Å². The minimum Gasteiger partial charge on any atom is -0.394 e. The fourth-order valence-corrected chi connectivity index (χ4v) is 4.18. The SMILES string of the molecule is CO[C@H](CO)[C@@H](Cc1ncccn1)NC(=O)c1cccc(Cl)c1C1=NCC(c2ccc(F)cc2)=C1. The predicted molar refractivity (Wildman–Crippen MR) is 132 cm³/mol. The highest BCUT2D eigenvalue weighted by molar-refractivity contribution is 6.37. The van der Waals surface area contributed by atoms with Crippen LogP contribution in [0.15, 0.2) is 72.0 Å². The number of carbonyl (C=O) groups excluding carboxylic acids is 1. The molecule has 0 bridgehead atoms. The van der Waals surface area contributed by atoms with Gasteiger partial charge in [0.1, 0.15) is 17.7 Å². The first-order chi connectivity index (χ1) is 17.0. The Morgan fingerprint density at radius 2 is 1.91 bits per heavy atom. The van der Waals surface area contributed by atoms with Crippen LogP contribution in [0.25, 0.3) is 5.57 Å². The molecule has 1 aliphatic heterocycles. The van der Waals surface area contributed by atoms with E-state index in [9.17, 15) is 14.3 Å². The highest BCUT2D eigenvalue weighted by atomic mass is 35.5. The number of nitrogens with one attached hydrogen (secondary N) is 1. The lowest BCUT2D eigenvalue weighted by Gasteiger charge is -2.25. The van der Waals surface area contributed by atoms with Gasteiger partial charge in [0.05, 0.1) is 35.5 Å². The van der Waals surface area contributed by atoms with Crippen molar-refractivity contribution in [1.29, 1.82) is 0 Å². The number of allylic oxidation sites excluding steroid dienone is 1. The van der Waals surface area contributed by atoms with Crippen molar-refractivity contribution in [1.82, 2.24) is 15.3 Å². The van der Waals surface area contributed by atoms with E-state index in [0.29, 0.717) is 34.2 Å². The van der Waals surface area contributed by atoms with Crippen LogP contribution in [0.5, 0.6) is 0 Å². The van der Waals surface area contributed by atoms with Crippen molar-refractivity contribution >= 4 is 28.8 Å². The third-order valence-electron chi connectivity index (χ3n) is 5.73. The number of hydrogen-bond donors (Lipinski definition) is 2. The molecule has 7 nitrogen and oxygen atoms in total. The zero-order chi connectivity index (χ0) is 24.8. The zero-order valence-corrected chi connectivity index (χ0v) is 19.7. The lowest BCUT2D eigenvalue weighted by atomic mass is 9.99. The Morgan fingerprint density at radius 1 is 1.17 bits per heavy atom. The molecule has 1 aliphatic rings. The third kappa shape index (κ3) is 5.79. The predicted octanol–water partition coefficient (Wildman–Crippen LogP) is 3.50. The smallest absolute Gasteiger partial charge is 0.252 e. The van der Waals surface area contributed by atoms with E-state index >= 15 is 0 Å². The molecule has 0 unspecified atom stereocenters. The van der Waals surface area contributed by atoms with Crippen LogP contribution < -0.4 is 5.32 Å². The standard InChI is InChI=1S/C26H24ClFN4O3/c1-35-23(15-33)21(13-24-29-10-3-11-30-24)32-26(34)19-4-2-5-20(27)25(19)22-12-17(14-31-22)16-6-8-18(28)9-7-16/h2-12,21,23,33H,13-15H2,1H3,(H,32,34)/t21-,23-/m1/s1. The van der Waals surface area contributed by atoms with E-state index in [2.05, 4.69) is 20.3 Å². The van der Waals surface area contributed by atoms with Gasteiger partial charge < -0.3 is 15.2 Å². The van der Waals surface area contributed by atoms with Gasteiger partial charge in [0.15, 0.2) is 0 Å². The van der Waals surface area contributed by atoms with E-state index in [4.69, 9.17) is 16.3 Å². The molecule has 9 heteroatoms. The molecular weight excluding hydrogens is 471 g/mol. The van der Waals surface area contributed by atoms with Crippen LogP contribution in [-0.2, 0) is 11.2 Å². The molecule has 1 amide bonds. The summed E-state index contributed by atoms with van der Waals surface area (Å²) in [5.74, 6) is -0.205. The molecular formula is C26H24ClFN4O3. The molecule has 2 aromatic carbocycles. The number of carbonyl (C=O) groups is 1. The molecule has 2 heterocycles. The van der Waals surface area contributed by atoms with Crippen molar-refractivity contribution in [2.45, 2.75) is 18.6 Å². The van der Waals surface area contributed by atoms with E-state index in [1.807, 2.05) is 6.08 Å². The zero-order valence-electron chi connectivity index (χ0n) is 19.0. The maximum absolute atomic E-state index is 13.4. The fraction of sp³-hybridized carbons (Fsp3) is 0.231. The Morgan fingerprint density at radius 3 is 2.60 bits per heavy atom. The van der Waals surface area contributed by atoms with Crippen LogP contribution in [0, 0.1) is 5.82 Å². The van der Waals surface area contributed by atoms with E-state index in [0.717, 1.165) is 11.1 Å². The Balaban J connectivity index is 1.62. The number of aliphatic hydroxyl groups is 1. The maximum atomic E-state index is 13.4. The normalized spacial score (nSPS) is 14.7. The first-order valence-electron chi connectivity index (χ1n) is 11.0. The number of amides is 1. The number of benzene rings is 2. The Kier molecular flexibility index (Phi) is 7.97. The van der Waals surface area contributed by atoms with E-state index in [1.165, 1.54) is 19.2 Å². The van der Waals surface area contributed by atoms with Gasteiger partial charge in [0.25, 0.3) is 5.91 Å². The summed E-state index contributed by atoms with van der Waals surface area (Å²) in [6.45, 7) is 0.0879. The van der Waals surface area contributed by atoms with Gasteiger partial charge >= 0.3 is 0 Å². The van der Waals surface area contributed by atoms with Crippen molar-refractivity contribution in [2.24, 2.45) is 4.99 Å². The number of aliphatic hydroxyl groups excluding tert-OH is 1. The molecule has 1 aromatic heterocycles. The molecule has 0 saturated heterocycles. The molecule has 0 aliphatic carbocycles. The summed E-state index contributed by atoms with van der Waals surface area (Å²) in [6.07, 6.45) is 4.67. The van der Waals surface area contributed by atoms with Crippen molar-refractivity contribution in [3.63, 3.8) is 0 Å². The van der Waals surface area contributed by atoms with Crippen molar-refractivity contribution in [3.8, 4) is 0 Å². The molecule has 180 valence electrons. The second-order valence-corrected chi connectivity index (χ2v) is 8.35. The molecule has 2 atom stereocenters. The van der Waals surface area contributed by atoms with Gasteiger partial charge in [-0.25, -0.2) is 14.4 Å². The van der Waals surface area contributed by atoms with Gasteiger partial charge in [-0.15, -0.1) is 0 Å². The van der Waals surface area contributed by atoms with Crippen molar-refractivity contribution in [2.75, 3.05) is 20.3 Å². The summed E-state index contributed by atoms with van der Waals surface area (Å²) < 4.78 is 18.7. The van der Waals surface area contributed by atoms with Crippen molar-refractivity contribution < 1.29 is 19.0 Å². The molecule has 0 spiro atoms. The fourth-order valence-electron chi connectivity index (χ4n) is 3.91. The minimum absolute atomic E-state index is 0.261.